The van der Waals surface area contributed by atoms with Crippen LogP contribution in [0.5, 0.6) is 0 Å². The van der Waals surface area contributed by atoms with Gasteiger partial charge >= 0.3 is 0 Å². The van der Waals surface area contributed by atoms with Gasteiger partial charge < -0.3 is 9.13 Å². The zero-order valence-corrected chi connectivity index (χ0v) is 37.4. The summed E-state index contributed by atoms with van der Waals surface area (Å²) in [6.45, 7) is 7.10. The third-order valence-corrected chi connectivity index (χ3v) is 15.5. The van der Waals surface area contributed by atoms with Gasteiger partial charge in [0.15, 0.2) is 0 Å². The number of thiazole rings is 1. The van der Waals surface area contributed by atoms with Gasteiger partial charge in [-0.05, 0) is 125 Å². The van der Waals surface area contributed by atoms with E-state index in [0.717, 1.165) is 93.3 Å². The van der Waals surface area contributed by atoms with Gasteiger partial charge in [0, 0.05) is 38.5 Å². The maximum Gasteiger partial charge on any atom is 0.124 e. The largest absolute Gasteiger partial charge is 0.309 e. The zero-order valence-electron chi connectivity index (χ0n) is 35.5. The third kappa shape index (κ3) is 6.63. The van der Waals surface area contributed by atoms with Crippen molar-refractivity contribution in [1.29, 1.82) is 21.0 Å². The number of aromatic nitrogens is 3. The Bertz CT molecular complexity index is 3610. The summed E-state index contributed by atoms with van der Waals surface area (Å²) in [6.07, 6.45) is 0. The number of hydrogen-bond acceptors (Lipinski definition) is 6. The summed E-state index contributed by atoms with van der Waals surface area (Å²) in [5.74, 6) is 0. The van der Waals surface area contributed by atoms with E-state index in [2.05, 4.69) is 138 Å². The first-order valence-electron chi connectivity index (χ1n) is 21.2. The van der Waals surface area contributed by atoms with Gasteiger partial charge in [0.2, 0.25) is 0 Å². The highest BCUT2D eigenvalue weighted by atomic mass is 32.1. The molecule has 65 heavy (non-hydrogen) atoms. The molecule has 0 N–H and O–H groups in total. The van der Waals surface area contributed by atoms with Crippen molar-refractivity contribution < 1.29 is 0 Å². The van der Waals surface area contributed by atoms with Crippen LogP contribution in [0.15, 0.2) is 158 Å². The number of benzene rings is 8. The Morgan fingerprint density at radius 2 is 0.800 bits per heavy atom. The number of nitrogens with zero attached hydrogens (tertiary/aromatic N) is 7. The van der Waals surface area contributed by atoms with E-state index in [1.165, 1.54) is 9.89 Å². The van der Waals surface area contributed by atoms with Gasteiger partial charge in [-0.15, -0.1) is 11.3 Å². The highest BCUT2D eigenvalue weighted by Gasteiger charge is 2.20. The average molecular weight is 866 g/mol. The van der Waals surface area contributed by atoms with E-state index in [1.807, 2.05) is 72.8 Å². The molecule has 304 valence electrons. The monoisotopic (exact) mass is 865 g/mol. The SMILES string of the molecule is C[Si](C)(C)c1ccc2nc(-c3cc(-c4ccc(-n5c6cc(C#N)ccc6c6ccc(C#N)cc65)cc4)cc(-c4ccc(-n5c6cc(C#N)ccc6c6ccc(C#N)cc65)cc4)c3)sc2c1. The molecule has 0 fully saturated rings. The van der Waals surface area contributed by atoms with Crippen molar-refractivity contribution in [2.24, 2.45) is 0 Å². The van der Waals surface area contributed by atoms with Crippen molar-refractivity contribution in [3.05, 3.63) is 180 Å². The lowest BCUT2D eigenvalue weighted by Gasteiger charge is -2.15. The Morgan fingerprint density at radius 3 is 1.17 bits per heavy atom. The fraction of sp³-hybridized carbons (Fsp3) is 0.0536. The summed E-state index contributed by atoms with van der Waals surface area (Å²) in [6, 6.07) is 62.4. The molecule has 9 heteroatoms. The first-order valence-corrected chi connectivity index (χ1v) is 25.5. The predicted octanol–water partition coefficient (Wildman–Crippen LogP) is 13.5. The fourth-order valence-corrected chi connectivity index (χ4v) is 11.3. The second-order valence-corrected chi connectivity index (χ2v) is 23.5. The van der Waals surface area contributed by atoms with Gasteiger partial charge in [-0.2, -0.15) is 21.0 Å². The molecule has 0 bridgehead atoms. The van der Waals surface area contributed by atoms with E-state index in [1.54, 1.807) is 11.3 Å². The average Bonchev–Trinajstić information content (AvgIpc) is 4.02. The molecule has 0 spiro atoms. The number of nitriles is 4. The molecule has 3 heterocycles. The lowest BCUT2D eigenvalue weighted by atomic mass is 9.96. The summed E-state index contributed by atoms with van der Waals surface area (Å²) >= 11 is 1.72. The first-order chi connectivity index (χ1) is 31.6. The van der Waals surface area contributed by atoms with E-state index in [9.17, 15) is 21.0 Å². The number of fused-ring (bicyclic) bond motifs is 7. The summed E-state index contributed by atoms with van der Waals surface area (Å²) in [7, 11) is -1.54. The molecule has 3 aromatic heterocycles. The van der Waals surface area contributed by atoms with E-state index in [4.69, 9.17) is 4.98 Å². The van der Waals surface area contributed by atoms with Crippen molar-refractivity contribution in [1.82, 2.24) is 14.1 Å². The van der Waals surface area contributed by atoms with Crippen molar-refractivity contribution in [2.45, 2.75) is 19.6 Å². The van der Waals surface area contributed by atoms with Crippen LogP contribution in [0.1, 0.15) is 22.3 Å². The molecule has 8 aromatic carbocycles. The lowest BCUT2D eigenvalue weighted by Crippen LogP contribution is -2.37. The molecular weight excluding hydrogens is 831 g/mol. The highest BCUT2D eigenvalue weighted by molar-refractivity contribution is 7.21. The lowest BCUT2D eigenvalue weighted by molar-refractivity contribution is 1.18. The van der Waals surface area contributed by atoms with Gasteiger partial charge in [0.25, 0.3) is 0 Å². The van der Waals surface area contributed by atoms with E-state index in [0.29, 0.717) is 22.3 Å². The molecule has 0 aliphatic rings. The van der Waals surface area contributed by atoms with Crippen LogP contribution in [0.4, 0.5) is 0 Å². The minimum Gasteiger partial charge on any atom is -0.309 e. The summed E-state index contributed by atoms with van der Waals surface area (Å²) in [5.41, 5.74) is 13.9. The normalized spacial score (nSPS) is 11.6. The van der Waals surface area contributed by atoms with Crippen molar-refractivity contribution in [3.8, 4) is 68.5 Å². The second-order valence-electron chi connectivity index (χ2n) is 17.4. The van der Waals surface area contributed by atoms with Crippen LogP contribution in [0.2, 0.25) is 19.6 Å². The zero-order chi connectivity index (χ0) is 44.6. The first kappa shape index (κ1) is 39.3. The van der Waals surface area contributed by atoms with Crippen LogP contribution in [-0.4, -0.2) is 22.2 Å². The number of rotatable bonds is 6. The number of hydrogen-bond donors (Lipinski definition) is 0. The molecule has 0 atom stereocenters. The Balaban J connectivity index is 1.05. The van der Waals surface area contributed by atoms with Gasteiger partial charge in [0.1, 0.15) is 5.01 Å². The fourth-order valence-electron chi connectivity index (χ4n) is 9.08. The Labute approximate surface area is 379 Å². The molecule has 0 radical (unpaired) electrons. The molecule has 0 saturated carbocycles. The van der Waals surface area contributed by atoms with Crippen molar-refractivity contribution in [2.75, 3.05) is 0 Å². The highest BCUT2D eigenvalue weighted by Crippen LogP contribution is 2.39. The van der Waals surface area contributed by atoms with Crippen LogP contribution >= 0.6 is 11.3 Å². The van der Waals surface area contributed by atoms with Gasteiger partial charge in [-0.3, -0.25) is 0 Å². The van der Waals surface area contributed by atoms with Crippen LogP contribution in [0.25, 0.3) is 98.0 Å². The molecule has 0 saturated heterocycles. The molecule has 0 unspecified atom stereocenters. The van der Waals surface area contributed by atoms with Crippen LogP contribution < -0.4 is 5.19 Å². The van der Waals surface area contributed by atoms with E-state index < -0.39 is 8.07 Å². The van der Waals surface area contributed by atoms with E-state index in [-0.39, 0.29) is 0 Å². The molecule has 11 aromatic rings. The van der Waals surface area contributed by atoms with Gasteiger partial charge in [0.05, 0.1) is 86.9 Å². The summed E-state index contributed by atoms with van der Waals surface area (Å²) in [5, 5.41) is 45.7. The van der Waals surface area contributed by atoms with Gasteiger partial charge in [-0.25, -0.2) is 4.98 Å². The quantitative estimate of drug-likeness (QED) is 0.154. The Kier molecular flexibility index (Phi) is 9.10. The van der Waals surface area contributed by atoms with Crippen molar-refractivity contribution >= 4 is 78.4 Å². The Morgan fingerprint density at radius 1 is 0.415 bits per heavy atom. The van der Waals surface area contributed by atoms with Crippen molar-refractivity contribution in [3.63, 3.8) is 0 Å². The predicted molar refractivity (Wildman–Crippen MR) is 266 cm³/mol. The molecular formula is C56H35N7SSi. The maximum atomic E-state index is 9.82. The Hall–Kier alpha value is -8.57. The van der Waals surface area contributed by atoms with Crippen LogP contribution in [0, 0.1) is 45.3 Å². The summed E-state index contributed by atoms with van der Waals surface area (Å²) in [4.78, 5) is 5.18. The third-order valence-electron chi connectivity index (χ3n) is 12.4. The summed E-state index contributed by atoms with van der Waals surface area (Å²) < 4.78 is 5.44. The second kappa shape index (κ2) is 15.1. The molecule has 0 aliphatic heterocycles. The molecule has 11 rings (SSSR count). The topological polar surface area (TPSA) is 118 Å². The molecule has 0 aliphatic carbocycles. The maximum absolute atomic E-state index is 9.82. The smallest absolute Gasteiger partial charge is 0.124 e. The minimum absolute atomic E-state index is 0.568. The minimum atomic E-state index is -1.54. The van der Waals surface area contributed by atoms with Crippen LogP contribution in [-0.2, 0) is 0 Å². The molecule has 7 nitrogen and oxygen atoms in total. The standard InChI is InChI=1S/C56H35N7SSi/c1-65(2,3)45-16-21-50-55(29-45)64-56(61-50)42-27-40(38-8-12-43(13-9-38)62-51-22-34(30-57)4-17-46(51)47-18-5-35(31-58)23-52(47)62)26-41(28-42)39-10-14-44(15-11-39)63-53-24-36(32-59)6-19-48(53)49-20-7-37(33-60)25-54(49)63/h4-29H,1-3H3. The molecule has 0 amide bonds. The van der Waals surface area contributed by atoms with E-state index >= 15 is 0 Å². The van der Waals surface area contributed by atoms with Crippen LogP contribution in [0.3, 0.4) is 0 Å². The van der Waals surface area contributed by atoms with Gasteiger partial charge in [-0.1, -0.05) is 79.4 Å².